The molecule has 3 aliphatic carbocycles. The fourth-order valence-electron chi connectivity index (χ4n) is 2.72. The molecule has 0 aliphatic heterocycles. The standard InChI is InChI=1S/C19H20/c1-14-6-8-18(9-7-15(14)2)19-12-10-16-4-3-5-17(16)11-13-19/h3-4,6-13,18-19H,5H2,1-2H3. The van der Waals surface area contributed by atoms with E-state index in [4.69, 9.17) is 0 Å². The van der Waals surface area contributed by atoms with Crippen LogP contribution >= 0.6 is 0 Å². The van der Waals surface area contributed by atoms with Crippen LogP contribution in [0.5, 0.6) is 0 Å². The molecule has 0 radical (unpaired) electrons. The minimum absolute atomic E-state index is 0.462. The third-order valence-electron chi connectivity index (χ3n) is 4.23. The summed E-state index contributed by atoms with van der Waals surface area (Å²) in [5.41, 5.74) is 5.56. The van der Waals surface area contributed by atoms with E-state index in [2.05, 4.69) is 74.6 Å². The summed E-state index contributed by atoms with van der Waals surface area (Å²) in [6.07, 6.45) is 24.0. The molecule has 0 heteroatoms. The van der Waals surface area contributed by atoms with Crippen molar-refractivity contribution in [3.63, 3.8) is 0 Å². The summed E-state index contributed by atoms with van der Waals surface area (Å²) in [4.78, 5) is 0. The van der Waals surface area contributed by atoms with Crippen LogP contribution in [0.25, 0.3) is 0 Å². The molecule has 0 aromatic rings. The second-order valence-electron chi connectivity index (χ2n) is 5.54. The Morgan fingerprint density at radius 3 is 2.00 bits per heavy atom. The van der Waals surface area contributed by atoms with Gasteiger partial charge in [0, 0.05) is 11.8 Å². The van der Waals surface area contributed by atoms with Gasteiger partial charge < -0.3 is 0 Å². The molecule has 0 saturated carbocycles. The topological polar surface area (TPSA) is 0 Å². The molecule has 0 aromatic heterocycles. The molecule has 0 N–H and O–H groups in total. The number of hydrogen-bond acceptors (Lipinski definition) is 0. The van der Waals surface area contributed by atoms with E-state index in [1.54, 1.807) is 0 Å². The van der Waals surface area contributed by atoms with Crippen molar-refractivity contribution in [1.29, 1.82) is 0 Å². The highest BCUT2D eigenvalue weighted by Gasteiger charge is 2.16. The van der Waals surface area contributed by atoms with Crippen LogP contribution in [-0.4, -0.2) is 0 Å². The first-order valence-corrected chi connectivity index (χ1v) is 7.04. The maximum Gasteiger partial charge on any atom is 0.00509 e. The van der Waals surface area contributed by atoms with E-state index in [-0.39, 0.29) is 0 Å². The lowest BCUT2D eigenvalue weighted by Crippen LogP contribution is -2.04. The molecule has 0 amide bonds. The summed E-state index contributed by atoms with van der Waals surface area (Å²) in [6, 6.07) is 0. The van der Waals surface area contributed by atoms with Crippen molar-refractivity contribution < 1.29 is 0 Å². The summed E-state index contributed by atoms with van der Waals surface area (Å²) in [5.74, 6) is 0.925. The average molecular weight is 248 g/mol. The summed E-state index contributed by atoms with van der Waals surface area (Å²) < 4.78 is 0. The van der Waals surface area contributed by atoms with Gasteiger partial charge in [-0.3, -0.25) is 0 Å². The van der Waals surface area contributed by atoms with Gasteiger partial charge in [-0.05, 0) is 42.6 Å². The SMILES string of the molecule is CC1=C(C)C=CC(C2C=CC3=C(C=C2)CC=C3)C=C1. The Labute approximate surface area is 115 Å². The van der Waals surface area contributed by atoms with E-state index in [1.165, 1.54) is 22.3 Å². The molecule has 3 aliphatic rings. The Balaban J connectivity index is 1.83. The molecule has 0 bridgehead atoms. The number of hydrogen-bond donors (Lipinski definition) is 0. The predicted octanol–water partition coefficient (Wildman–Crippen LogP) is 5.06. The van der Waals surface area contributed by atoms with Gasteiger partial charge in [0.25, 0.3) is 0 Å². The molecule has 0 nitrogen and oxygen atoms in total. The maximum atomic E-state index is 2.35. The molecular formula is C19H20. The summed E-state index contributed by atoms with van der Waals surface area (Å²) in [5, 5.41) is 0. The van der Waals surface area contributed by atoms with Gasteiger partial charge in [-0.25, -0.2) is 0 Å². The van der Waals surface area contributed by atoms with Gasteiger partial charge in [-0.15, -0.1) is 0 Å². The fraction of sp³-hybridized carbons (Fsp3) is 0.263. The molecular weight excluding hydrogens is 228 g/mol. The van der Waals surface area contributed by atoms with Crippen molar-refractivity contribution in [2.24, 2.45) is 11.8 Å². The largest absolute Gasteiger partial charge is 0.0795 e. The highest BCUT2D eigenvalue weighted by atomic mass is 14.2. The zero-order valence-corrected chi connectivity index (χ0v) is 11.6. The first-order chi connectivity index (χ1) is 9.24. The first-order valence-electron chi connectivity index (χ1n) is 7.04. The minimum atomic E-state index is 0.462. The van der Waals surface area contributed by atoms with Crippen molar-refractivity contribution in [1.82, 2.24) is 0 Å². The summed E-state index contributed by atoms with van der Waals surface area (Å²) in [6.45, 7) is 4.36. The molecule has 1 atom stereocenters. The van der Waals surface area contributed by atoms with Crippen molar-refractivity contribution in [2.75, 3.05) is 0 Å². The van der Waals surface area contributed by atoms with Crippen LogP contribution in [0.4, 0.5) is 0 Å². The Kier molecular flexibility index (Phi) is 3.25. The van der Waals surface area contributed by atoms with E-state index in [9.17, 15) is 0 Å². The molecule has 96 valence electrons. The molecule has 0 fully saturated rings. The Hall–Kier alpha value is -1.82. The molecule has 0 saturated heterocycles. The third kappa shape index (κ3) is 2.49. The van der Waals surface area contributed by atoms with Crippen LogP contribution in [0.3, 0.4) is 0 Å². The number of allylic oxidation sites excluding steroid dienone is 14. The minimum Gasteiger partial charge on any atom is -0.0795 e. The molecule has 1 unspecified atom stereocenters. The zero-order chi connectivity index (χ0) is 13.2. The lowest BCUT2D eigenvalue weighted by molar-refractivity contribution is 0.676. The van der Waals surface area contributed by atoms with Crippen LogP contribution in [0, 0.1) is 11.8 Å². The van der Waals surface area contributed by atoms with Crippen LogP contribution in [-0.2, 0) is 0 Å². The Morgan fingerprint density at radius 2 is 1.32 bits per heavy atom. The van der Waals surface area contributed by atoms with E-state index in [0.29, 0.717) is 11.8 Å². The number of rotatable bonds is 1. The first kappa shape index (κ1) is 12.2. The molecule has 19 heavy (non-hydrogen) atoms. The van der Waals surface area contributed by atoms with Crippen LogP contribution in [0.1, 0.15) is 20.3 Å². The van der Waals surface area contributed by atoms with Gasteiger partial charge in [0.05, 0.1) is 0 Å². The smallest absolute Gasteiger partial charge is 0.00509 e. The van der Waals surface area contributed by atoms with Gasteiger partial charge >= 0.3 is 0 Å². The summed E-state index contributed by atoms with van der Waals surface area (Å²) >= 11 is 0. The van der Waals surface area contributed by atoms with Gasteiger partial charge in [0.15, 0.2) is 0 Å². The monoisotopic (exact) mass is 248 g/mol. The molecule has 0 heterocycles. The van der Waals surface area contributed by atoms with Gasteiger partial charge in [0.2, 0.25) is 0 Å². The van der Waals surface area contributed by atoms with Crippen molar-refractivity contribution in [3.05, 3.63) is 83.1 Å². The average Bonchev–Trinajstić information content (AvgIpc) is 2.69. The van der Waals surface area contributed by atoms with Crippen molar-refractivity contribution in [2.45, 2.75) is 20.3 Å². The van der Waals surface area contributed by atoms with E-state index >= 15 is 0 Å². The van der Waals surface area contributed by atoms with E-state index in [1.807, 2.05) is 0 Å². The quantitative estimate of drug-likeness (QED) is 0.608. The van der Waals surface area contributed by atoms with E-state index in [0.717, 1.165) is 6.42 Å². The van der Waals surface area contributed by atoms with Crippen molar-refractivity contribution in [3.8, 4) is 0 Å². The van der Waals surface area contributed by atoms with Crippen LogP contribution in [0.15, 0.2) is 83.1 Å². The molecule has 0 aromatic carbocycles. The lowest BCUT2D eigenvalue weighted by atomic mass is 9.90. The van der Waals surface area contributed by atoms with Crippen LogP contribution in [0.2, 0.25) is 0 Å². The summed E-state index contributed by atoms with van der Waals surface area (Å²) in [7, 11) is 0. The second kappa shape index (κ2) is 5.05. The molecule has 3 rings (SSSR count). The second-order valence-corrected chi connectivity index (χ2v) is 5.54. The maximum absolute atomic E-state index is 2.35. The van der Waals surface area contributed by atoms with E-state index < -0.39 is 0 Å². The highest BCUT2D eigenvalue weighted by Crippen LogP contribution is 2.30. The predicted molar refractivity (Wildman–Crippen MR) is 82.7 cm³/mol. The Morgan fingerprint density at radius 1 is 0.737 bits per heavy atom. The normalized spacial score (nSPS) is 26.1. The highest BCUT2D eigenvalue weighted by molar-refractivity contribution is 5.49. The van der Waals surface area contributed by atoms with Crippen LogP contribution < -0.4 is 0 Å². The van der Waals surface area contributed by atoms with Gasteiger partial charge in [-0.2, -0.15) is 0 Å². The van der Waals surface area contributed by atoms with Gasteiger partial charge in [0.1, 0.15) is 0 Å². The zero-order valence-electron chi connectivity index (χ0n) is 11.6. The Bertz CT molecular complexity index is 564. The van der Waals surface area contributed by atoms with Gasteiger partial charge in [-0.1, -0.05) is 60.8 Å². The third-order valence-corrected chi connectivity index (χ3v) is 4.23. The lowest BCUT2D eigenvalue weighted by Gasteiger charge is -2.14. The van der Waals surface area contributed by atoms with Crippen molar-refractivity contribution >= 4 is 0 Å². The molecule has 0 spiro atoms. The fourth-order valence-corrected chi connectivity index (χ4v) is 2.72.